The Morgan fingerprint density at radius 3 is 2.41 bits per heavy atom. The quantitative estimate of drug-likeness (QED) is 0.397. The molecule has 3 aliphatic rings. The van der Waals surface area contributed by atoms with Gasteiger partial charge in [0.25, 0.3) is 0 Å². The van der Waals surface area contributed by atoms with E-state index in [1.807, 2.05) is 0 Å². The summed E-state index contributed by atoms with van der Waals surface area (Å²) >= 11 is 0. The van der Waals surface area contributed by atoms with Gasteiger partial charge in [0.05, 0.1) is 17.5 Å². The van der Waals surface area contributed by atoms with Crippen LogP contribution in [0.5, 0.6) is 5.75 Å². The zero-order valence-electron chi connectivity index (χ0n) is 17.7. The number of primary amides is 1. The molecular formula is C22H25N3O7. The number of Topliss-reactive ketones (excluding diaryl/α,β-unsaturated/α-hetero) is 4. The van der Waals surface area contributed by atoms with Gasteiger partial charge in [0, 0.05) is 18.0 Å². The highest BCUT2D eigenvalue weighted by Crippen LogP contribution is 2.50. The first-order chi connectivity index (χ1) is 15.0. The van der Waals surface area contributed by atoms with Crippen LogP contribution in [0.4, 0.5) is 0 Å². The maximum absolute atomic E-state index is 13.6. The van der Waals surface area contributed by atoms with Crippen LogP contribution in [-0.2, 0) is 32.1 Å². The Labute approximate surface area is 183 Å². The van der Waals surface area contributed by atoms with Crippen LogP contribution < -0.4 is 11.5 Å². The van der Waals surface area contributed by atoms with Gasteiger partial charge in [-0.2, -0.15) is 0 Å². The minimum absolute atomic E-state index is 0.0220. The number of hydrogen-bond acceptors (Lipinski definition) is 9. The van der Waals surface area contributed by atoms with Crippen molar-refractivity contribution in [2.45, 2.75) is 31.0 Å². The van der Waals surface area contributed by atoms with E-state index in [2.05, 4.69) is 0 Å². The second-order valence-electron chi connectivity index (χ2n) is 9.10. The van der Waals surface area contributed by atoms with Crippen LogP contribution in [0, 0.1) is 23.7 Å². The Morgan fingerprint density at radius 2 is 1.84 bits per heavy atom. The summed E-state index contributed by atoms with van der Waals surface area (Å²) in [5.41, 5.74) is 9.00. The number of hydrogen-bond donors (Lipinski definition) is 4. The number of nitrogens with zero attached hydrogens (tertiary/aromatic N) is 1. The lowest BCUT2D eigenvalue weighted by Gasteiger charge is -2.52. The van der Waals surface area contributed by atoms with Gasteiger partial charge in [-0.3, -0.25) is 28.9 Å². The molecule has 32 heavy (non-hydrogen) atoms. The van der Waals surface area contributed by atoms with Gasteiger partial charge in [-0.05, 0) is 38.4 Å². The predicted molar refractivity (Wildman–Crippen MR) is 109 cm³/mol. The molecule has 0 aromatic heterocycles. The summed E-state index contributed by atoms with van der Waals surface area (Å²) in [7, 11) is 3.09. The number of phenols is 1. The summed E-state index contributed by atoms with van der Waals surface area (Å²) in [4.78, 5) is 66.4. The molecule has 0 aliphatic heterocycles. The van der Waals surface area contributed by atoms with E-state index in [0.717, 1.165) is 0 Å². The van der Waals surface area contributed by atoms with Crippen LogP contribution in [0.1, 0.15) is 27.9 Å². The van der Waals surface area contributed by atoms with Gasteiger partial charge < -0.3 is 21.7 Å². The van der Waals surface area contributed by atoms with Gasteiger partial charge in [0.1, 0.15) is 5.75 Å². The lowest BCUT2D eigenvalue weighted by atomic mass is 9.52. The third-order valence-electron chi connectivity index (χ3n) is 7.24. The topological polar surface area (TPSA) is 181 Å². The first kappa shape index (κ1) is 22.3. The van der Waals surface area contributed by atoms with Crippen molar-refractivity contribution in [1.82, 2.24) is 4.90 Å². The fourth-order valence-electron chi connectivity index (χ4n) is 5.79. The lowest BCUT2D eigenvalue weighted by molar-refractivity contribution is -0.181. The third kappa shape index (κ3) is 2.73. The fraction of sp³-hybridized carbons (Fsp3) is 0.500. The van der Waals surface area contributed by atoms with Crippen LogP contribution in [0.15, 0.2) is 12.1 Å². The van der Waals surface area contributed by atoms with Crippen LogP contribution >= 0.6 is 0 Å². The summed E-state index contributed by atoms with van der Waals surface area (Å²) in [6.45, 7) is -0.0220. The minimum Gasteiger partial charge on any atom is -0.507 e. The Balaban J connectivity index is 1.86. The van der Waals surface area contributed by atoms with E-state index in [4.69, 9.17) is 11.5 Å². The van der Waals surface area contributed by atoms with Gasteiger partial charge in [0.2, 0.25) is 5.91 Å². The molecule has 0 saturated heterocycles. The zero-order valence-corrected chi connectivity index (χ0v) is 17.7. The number of aliphatic hydroxyl groups is 1. The zero-order chi connectivity index (χ0) is 23.7. The molecule has 1 amide bonds. The van der Waals surface area contributed by atoms with Crippen molar-refractivity contribution >= 4 is 29.0 Å². The highest BCUT2D eigenvalue weighted by molar-refractivity contribution is 6.32. The molecule has 0 spiro atoms. The molecule has 6 atom stereocenters. The summed E-state index contributed by atoms with van der Waals surface area (Å²) in [6.07, 6.45) is 0.271. The van der Waals surface area contributed by atoms with Crippen LogP contribution in [0.2, 0.25) is 0 Å². The number of fused-ring (bicyclic) bond motifs is 3. The Bertz CT molecular complexity index is 1080. The first-order valence-electron chi connectivity index (χ1n) is 10.3. The number of ketones is 4. The van der Waals surface area contributed by atoms with E-state index in [-0.39, 0.29) is 30.7 Å². The highest BCUT2D eigenvalue weighted by atomic mass is 16.3. The van der Waals surface area contributed by atoms with E-state index < -0.39 is 64.4 Å². The SMILES string of the molecule is CN(C)[C@H]1C(=O)C(C(N)=O)C(=O)[C@]2(O)C(=O)C3C(=O)c4c(ccc(CN)c4O)C[C@@H]3C[C@H]12. The Morgan fingerprint density at radius 1 is 1.19 bits per heavy atom. The highest BCUT2D eigenvalue weighted by Gasteiger charge is 2.69. The molecule has 170 valence electrons. The number of carbonyl (C=O) groups excluding carboxylic acids is 5. The number of aromatic hydroxyl groups is 1. The van der Waals surface area contributed by atoms with Gasteiger partial charge >= 0.3 is 0 Å². The first-order valence-corrected chi connectivity index (χ1v) is 10.3. The van der Waals surface area contributed by atoms with Crippen LogP contribution in [0.3, 0.4) is 0 Å². The number of nitrogens with two attached hydrogens (primary N) is 2. The van der Waals surface area contributed by atoms with E-state index >= 15 is 0 Å². The molecular weight excluding hydrogens is 418 g/mol. The molecule has 0 heterocycles. The molecule has 1 aromatic rings. The summed E-state index contributed by atoms with van der Waals surface area (Å²) < 4.78 is 0. The summed E-state index contributed by atoms with van der Waals surface area (Å²) in [6, 6.07) is 2.17. The maximum atomic E-state index is 13.6. The minimum atomic E-state index is -2.71. The molecule has 4 rings (SSSR count). The van der Waals surface area contributed by atoms with Crippen molar-refractivity contribution in [2.24, 2.45) is 35.1 Å². The van der Waals surface area contributed by atoms with Crippen LogP contribution in [-0.4, -0.2) is 69.9 Å². The van der Waals surface area contributed by atoms with Gasteiger partial charge in [-0.1, -0.05) is 12.1 Å². The number of carbonyl (C=O) groups is 5. The monoisotopic (exact) mass is 443 g/mol. The normalized spacial score (nSPS) is 34.2. The number of rotatable bonds is 3. The number of amides is 1. The average Bonchev–Trinajstić information content (AvgIpc) is 2.70. The third-order valence-corrected chi connectivity index (χ3v) is 7.24. The Hall–Kier alpha value is -2.95. The second-order valence-corrected chi connectivity index (χ2v) is 9.10. The van der Waals surface area contributed by atoms with Crippen molar-refractivity contribution in [1.29, 1.82) is 0 Å². The van der Waals surface area contributed by atoms with Crippen molar-refractivity contribution in [2.75, 3.05) is 14.1 Å². The molecule has 2 saturated carbocycles. The Kier molecular flexibility index (Phi) is 5.07. The smallest absolute Gasteiger partial charge is 0.235 e. The number of benzene rings is 1. The van der Waals surface area contributed by atoms with Gasteiger partial charge in [-0.15, -0.1) is 0 Å². The molecule has 6 N–H and O–H groups in total. The number of likely N-dealkylation sites (N-methyl/N-ethyl adjacent to an activating group) is 1. The molecule has 1 aromatic carbocycles. The van der Waals surface area contributed by atoms with E-state index in [9.17, 15) is 34.2 Å². The van der Waals surface area contributed by atoms with Crippen molar-refractivity contribution in [3.8, 4) is 5.75 Å². The van der Waals surface area contributed by atoms with E-state index in [1.54, 1.807) is 26.2 Å². The maximum Gasteiger partial charge on any atom is 0.235 e. The molecule has 0 bridgehead atoms. The van der Waals surface area contributed by atoms with Crippen molar-refractivity contribution in [3.05, 3.63) is 28.8 Å². The van der Waals surface area contributed by atoms with E-state index in [0.29, 0.717) is 11.1 Å². The molecule has 0 radical (unpaired) electrons. The van der Waals surface area contributed by atoms with Gasteiger partial charge in [-0.25, -0.2) is 0 Å². The largest absolute Gasteiger partial charge is 0.507 e. The summed E-state index contributed by atoms with van der Waals surface area (Å²) in [5.74, 6) is -10.5. The van der Waals surface area contributed by atoms with Crippen LogP contribution in [0.25, 0.3) is 0 Å². The molecule has 2 unspecified atom stereocenters. The van der Waals surface area contributed by atoms with Gasteiger partial charge in [0.15, 0.2) is 34.7 Å². The van der Waals surface area contributed by atoms with E-state index in [1.165, 1.54) is 4.90 Å². The van der Waals surface area contributed by atoms with Crippen molar-refractivity contribution in [3.63, 3.8) is 0 Å². The second kappa shape index (κ2) is 7.29. The summed E-state index contributed by atoms with van der Waals surface area (Å²) in [5, 5.41) is 22.0. The van der Waals surface area contributed by atoms with Crippen molar-refractivity contribution < 1.29 is 34.2 Å². The predicted octanol–water partition coefficient (Wildman–Crippen LogP) is -1.67. The molecule has 3 aliphatic carbocycles. The molecule has 10 nitrogen and oxygen atoms in total. The lowest BCUT2D eigenvalue weighted by Crippen LogP contribution is -2.74. The molecule has 2 fully saturated rings. The fourth-order valence-corrected chi connectivity index (χ4v) is 5.79. The standard InChI is InChI=1S/C22H25N3O7/c1-25(2)15-11-6-10-5-8-3-4-9(7-23)16(26)12(8)17(27)13(10)19(29)22(11,32)20(30)14(18(15)28)21(24)31/h3-4,10-11,13-15,26,32H,5-7,23H2,1-2H3,(H2,24,31)/t10-,11-,13?,14?,15-,22-/m1/s1. The number of phenolic OH excluding ortho intramolecular Hbond substituents is 1. The average molecular weight is 443 g/mol. The molecule has 10 heteroatoms.